The number of rotatable bonds is 42. The van der Waals surface area contributed by atoms with Crippen molar-refractivity contribution < 1.29 is 85.7 Å². The molecule has 30 nitrogen and oxygen atoms in total. The number of carbonyl (C=O) groups is 13. The number of hydrogen-bond acceptors (Lipinski definition) is 18. The lowest BCUT2D eigenvalue weighted by Gasteiger charge is -2.41. The maximum atomic E-state index is 15.1. The summed E-state index contributed by atoms with van der Waals surface area (Å²) < 4.78 is 37.4. The number of halogens is 1. The maximum absolute atomic E-state index is 15.1. The van der Waals surface area contributed by atoms with E-state index in [0.29, 0.717) is 36.9 Å². The number of alkyl carbamates (subject to hydrolysis) is 1. The van der Waals surface area contributed by atoms with Gasteiger partial charge < -0.3 is 76.6 Å². The van der Waals surface area contributed by atoms with E-state index in [1.54, 1.807) is 76.0 Å². The van der Waals surface area contributed by atoms with E-state index >= 15 is 4.79 Å². The van der Waals surface area contributed by atoms with Gasteiger partial charge >= 0.3 is 18.2 Å². The van der Waals surface area contributed by atoms with Crippen LogP contribution in [-0.2, 0) is 68.7 Å². The Morgan fingerprint density at radius 2 is 1.33 bits per heavy atom. The zero-order valence-electron chi connectivity index (χ0n) is 63.2. The molecule has 13 amide bonds. The number of nitrogens with two attached hydrogens (primary N) is 1. The molecule has 9 N–H and O–H groups in total. The smallest absolute Gasteiger partial charge is 0.409 e. The minimum atomic E-state index is -1.12. The van der Waals surface area contributed by atoms with Gasteiger partial charge in [0.15, 0.2) is 5.78 Å². The largest absolute Gasteiger partial charge is 0.445 e. The Morgan fingerprint density at radius 3 is 1.89 bits per heavy atom. The van der Waals surface area contributed by atoms with Gasteiger partial charge in [0.1, 0.15) is 36.7 Å². The molecule has 1 saturated heterocycles. The Labute approximate surface area is 610 Å². The number of urea groups is 1. The molecule has 2 aromatic rings. The van der Waals surface area contributed by atoms with Crippen molar-refractivity contribution in [2.45, 2.75) is 194 Å². The van der Waals surface area contributed by atoms with Crippen molar-refractivity contribution in [2.75, 3.05) is 80.5 Å². The molecule has 104 heavy (non-hydrogen) atoms. The summed E-state index contributed by atoms with van der Waals surface area (Å²) in [6.07, 6.45) is 0.00727. The van der Waals surface area contributed by atoms with Crippen molar-refractivity contribution in [3.63, 3.8) is 0 Å². The second-order valence-corrected chi connectivity index (χ2v) is 28.0. The van der Waals surface area contributed by atoms with E-state index in [2.05, 4.69) is 37.2 Å². The van der Waals surface area contributed by atoms with Crippen LogP contribution < -0.4 is 43.0 Å². The number of unbranched alkanes of at least 4 members (excludes halogenated alkanes) is 2. The number of likely N-dealkylation sites (tertiary alicyclic amines) is 1. The van der Waals surface area contributed by atoms with E-state index in [1.807, 2.05) is 41.5 Å². The van der Waals surface area contributed by atoms with E-state index in [-0.39, 0.29) is 124 Å². The van der Waals surface area contributed by atoms with Crippen LogP contribution in [0.1, 0.15) is 143 Å². The number of methoxy groups -OCH3 is 2. The molecule has 12 atom stereocenters. The third-order valence-electron chi connectivity index (χ3n) is 18.8. The molecule has 4 rings (SSSR count). The molecule has 2 aliphatic rings. The number of nitrogens with one attached hydrogen (secondary N) is 7. The SMILES string of the molecule is CC[C@H](C)C([C@@H](CC(=O)N1C[C@@H](OC(=O)N(C)CCNC(=O)OCc2ccc(NC(=O)C(CCCNC(N)=O)NC(=O)[C@@H](NC(=O)CCCCCN3C(=O)C=CC3=O)C(C)C)cc2)C[C@H]1[C@H](OC)[C@@H](C)C(=O)N[C@@H](C)C(=O)c1ccc(F)cc1)OC)N(C)C(=O)[C@@H](NC(=O)[C@H](C(C)C)N(C)C)C(C)C. The first-order chi connectivity index (χ1) is 49.0. The summed E-state index contributed by atoms with van der Waals surface area (Å²) in [7, 11) is 9.47. The molecular formula is C73H112FN13O17. The van der Waals surface area contributed by atoms with Crippen LogP contribution in [0.2, 0.25) is 0 Å². The quantitative estimate of drug-likeness (QED) is 0.0255. The number of amides is 13. The van der Waals surface area contributed by atoms with Gasteiger partial charge in [-0.3, -0.25) is 57.7 Å². The van der Waals surface area contributed by atoms with Gasteiger partial charge in [-0.2, -0.15) is 0 Å². The number of Topliss-reactive ketones (excluding diaryl/α,β-unsaturated/α-hetero) is 1. The van der Waals surface area contributed by atoms with Gasteiger partial charge in [0.05, 0.1) is 55.3 Å². The molecule has 2 aromatic carbocycles. The Hall–Kier alpha value is -9.10. The molecule has 578 valence electrons. The molecule has 0 aromatic heterocycles. The average molecular weight is 1460 g/mol. The minimum Gasteiger partial charge on any atom is -0.445 e. The van der Waals surface area contributed by atoms with Crippen molar-refractivity contribution >= 4 is 82.9 Å². The van der Waals surface area contributed by atoms with Crippen molar-refractivity contribution in [3.8, 4) is 0 Å². The molecule has 0 aliphatic carbocycles. The van der Waals surface area contributed by atoms with Gasteiger partial charge in [-0.25, -0.2) is 18.8 Å². The molecule has 2 unspecified atom stereocenters. The Morgan fingerprint density at radius 1 is 0.692 bits per heavy atom. The van der Waals surface area contributed by atoms with E-state index in [9.17, 15) is 61.9 Å². The highest BCUT2D eigenvalue weighted by molar-refractivity contribution is 6.13. The number of ether oxygens (including phenoxy) is 4. The number of benzene rings is 2. The highest BCUT2D eigenvalue weighted by atomic mass is 19.1. The van der Waals surface area contributed by atoms with Crippen LogP contribution in [-0.4, -0.2) is 237 Å². The number of likely N-dealkylation sites (N-methyl/N-ethyl adjacent to an activating group) is 3. The first kappa shape index (κ1) is 87.3. The number of carbonyl (C=O) groups excluding carboxylic acids is 13. The van der Waals surface area contributed by atoms with Gasteiger partial charge in [0.25, 0.3) is 11.8 Å². The predicted octanol–water partition coefficient (Wildman–Crippen LogP) is 4.63. The number of hydrogen-bond donors (Lipinski definition) is 8. The fraction of sp³-hybridized carbons (Fsp3) is 0.630. The summed E-state index contributed by atoms with van der Waals surface area (Å²) in [6.45, 7) is 17.8. The third kappa shape index (κ3) is 26.6. The van der Waals surface area contributed by atoms with Crippen LogP contribution in [0.4, 0.5) is 24.5 Å². The highest BCUT2D eigenvalue weighted by Crippen LogP contribution is 2.32. The first-order valence-corrected chi connectivity index (χ1v) is 35.6. The van der Waals surface area contributed by atoms with Crippen molar-refractivity contribution in [1.29, 1.82) is 0 Å². The summed E-state index contributed by atoms with van der Waals surface area (Å²) in [5.41, 5.74) is 6.26. The normalized spacial score (nSPS) is 17.2. The van der Waals surface area contributed by atoms with E-state index < -0.39 is 126 Å². The lowest BCUT2D eigenvalue weighted by Crippen LogP contribution is -2.59. The number of nitrogens with zero attached hydrogens (tertiary/aromatic N) is 5. The van der Waals surface area contributed by atoms with E-state index in [0.717, 1.165) is 17.0 Å². The Bertz CT molecular complexity index is 3260. The molecule has 0 bridgehead atoms. The van der Waals surface area contributed by atoms with Crippen LogP contribution in [0.15, 0.2) is 60.7 Å². The number of imide groups is 1. The fourth-order valence-corrected chi connectivity index (χ4v) is 12.7. The topological polar surface area (TPSA) is 385 Å². The Balaban J connectivity index is 1.42. The number of primary amides is 1. The van der Waals surface area contributed by atoms with Crippen molar-refractivity contribution in [3.05, 3.63) is 77.6 Å². The third-order valence-corrected chi connectivity index (χ3v) is 18.8. The molecule has 2 heterocycles. The zero-order valence-corrected chi connectivity index (χ0v) is 63.2. The molecule has 0 spiro atoms. The van der Waals surface area contributed by atoms with Crippen LogP contribution >= 0.6 is 0 Å². The average Bonchev–Trinajstić information content (AvgIpc) is 1.11. The lowest BCUT2D eigenvalue weighted by molar-refractivity contribution is -0.148. The van der Waals surface area contributed by atoms with Crippen LogP contribution in [0.25, 0.3) is 0 Å². The van der Waals surface area contributed by atoms with Gasteiger partial charge in [-0.15, -0.1) is 0 Å². The van der Waals surface area contributed by atoms with Gasteiger partial charge in [0, 0.05) is 90.7 Å². The van der Waals surface area contributed by atoms with E-state index in [4.69, 9.17) is 24.7 Å². The zero-order chi connectivity index (χ0) is 77.8. The van der Waals surface area contributed by atoms with Gasteiger partial charge in [-0.1, -0.05) is 87.3 Å². The molecular weight excluding hydrogens is 1350 g/mol. The van der Waals surface area contributed by atoms with Crippen LogP contribution in [0.5, 0.6) is 0 Å². The standard InChI is InChI=1S/C73H112FN13O17/c1-17-45(8)63(85(14)70(97)61(43(4)5)82-69(96)62(44(6)7)83(11)12)55(101-15)39-59(91)87-40-52(38-54(87)65(102-16)46(9)66(93)78-47(10)64(92)49-26-28-50(74)29-27-49)104-73(100)84(13)37-35-77-72(99)103-41-48-24-30-51(31-25-48)79-67(94)53(22-21-34-76-71(75)98)80-68(95)60(42(2)3)81-56(88)23-19-18-20-36-86-57(89)32-33-58(86)90/h24-33,42-47,52-55,60-63,65H,17-23,34-41H2,1-16H3,(H,77,99)(H,78,93)(H,79,94)(H,80,95)(H,81,88)(H,82,96)(H3,75,76,98)/t45-,46+,47-,52-,53?,54-,55+,60-,61-,62-,63?,65+/m0/s1. The number of anilines is 1. The highest BCUT2D eigenvalue weighted by Gasteiger charge is 2.47. The Kier molecular flexibility index (Phi) is 35.8. The first-order valence-electron chi connectivity index (χ1n) is 35.6. The van der Waals surface area contributed by atoms with Crippen LogP contribution in [0.3, 0.4) is 0 Å². The molecule has 0 radical (unpaired) electrons. The van der Waals surface area contributed by atoms with Crippen LogP contribution in [0, 0.1) is 35.4 Å². The second-order valence-electron chi connectivity index (χ2n) is 28.0. The van der Waals surface area contributed by atoms with E-state index in [1.165, 1.54) is 62.3 Å². The maximum Gasteiger partial charge on any atom is 0.409 e. The molecule has 31 heteroatoms. The van der Waals surface area contributed by atoms with Gasteiger partial charge in [-0.05, 0) is 112 Å². The molecule has 2 aliphatic heterocycles. The molecule has 1 fully saturated rings. The summed E-state index contributed by atoms with van der Waals surface area (Å²) in [4.78, 5) is 180. The lowest BCUT2D eigenvalue weighted by atomic mass is 9.89. The van der Waals surface area contributed by atoms with Gasteiger partial charge in [0.2, 0.25) is 41.4 Å². The summed E-state index contributed by atoms with van der Waals surface area (Å²) in [5, 5.41) is 19.0. The monoisotopic (exact) mass is 1460 g/mol. The summed E-state index contributed by atoms with van der Waals surface area (Å²) >= 11 is 0. The summed E-state index contributed by atoms with van der Waals surface area (Å²) in [5.74, 6) is -7.18. The predicted molar refractivity (Wildman–Crippen MR) is 385 cm³/mol. The minimum absolute atomic E-state index is 0.00801. The van der Waals surface area contributed by atoms with Crippen molar-refractivity contribution in [2.24, 2.45) is 35.3 Å². The molecule has 0 saturated carbocycles. The fourth-order valence-electron chi connectivity index (χ4n) is 12.7. The number of ketones is 1. The summed E-state index contributed by atoms with van der Waals surface area (Å²) in [6, 6.07) is 4.21. The van der Waals surface area contributed by atoms with Crippen molar-refractivity contribution in [1.82, 2.24) is 56.4 Å². The second kappa shape index (κ2) is 42.6.